The summed E-state index contributed by atoms with van der Waals surface area (Å²) in [5, 5.41) is 15.0. The molecule has 2 aromatic rings. The molecule has 3 N–H and O–H groups in total. The highest BCUT2D eigenvalue weighted by Crippen LogP contribution is 2.34. The number of ether oxygens (including phenoxy) is 2. The summed E-state index contributed by atoms with van der Waals surface area (Å²) < 4.78 is 36.6. The number of esters is 1. The number of rotatable bonds is 7. The molecule has 3 rings (SSSR count). The normalized spacial score (nSPS) is 16.1. The van der Waals surface area contributed by atoms with E-state index in [0.29, 0.717) is 5.56 Å². The van der Waals surface area contributed by atoms with Crippen molar-refractivity contribution in [1.29, 1.82) is 0 Å². The number of methoxy groups -OCH3 is 1. The van der Waals surface area contributed by atoms with E-state index in [4.69, 9.17) is 9.47 Å². The summed E-state index contributed by atoms with van der Waals surface area (Å²) in [6, 6.07) is 7.38. The van der Waals surface area contributed by atoms with Gasteiger partial charge in [0, 0.05) is 5.70 Å². The SMILES string of the molecule is CCOC(=O)C1=C(CS(=O)(=O)c2ccc(C)c(C)c2)NC(=O)N[C@@H]1c1ccc(O)c(OC)c1. The molecule has 0 aliphatic carbocycles. The fraction of sp³-hybridized carbons (Fsp3) is 0.304. The van der Waals surface area contributed by atoms with Crippen LogP contribution >= 0.6 is 0 Å². The van der Waals surface area contributed by atoms with Gasteiger partial charge in [-0.1, -0.05) is 12.1 Å². The fourth-order valence-corrected chi connectivity index (χ4v) is 4.89. The average Bonchev–Trinajstić information content (AvgIpc) is 2.75. The highest BCUT2D eigenvalue weighted by atomic mass is 32.2. The van der Waals surface area contributed by atoms with Crippen molar-refractivity contribution >= 4 is 21.8 Å². The summed E-state index contributed by atoms with van der Waals surface area (Å²) in [6.07, 6.45) is 0. The summed E-state index contributed by atoms with van der Waals surface area (Å²) >= 11 is 0. The van der Waals surface area contributed by atoms with Gasteiger partial charge in [0.25, 0.3) is 0 Å². The Balaban J connectivity index is 2.13. The molecule has 33 heavy (non-hydrogen) atoms. The first-order valence-electron chi connectivity index (χ1n) is 10.2. The lowest BCUT2D eigenvalue weighted by molar-refractivity contribution is -0.139. The Morgan fingerprint density at radius 1 is 1.12 bits per heavy atom. The first-order chi connectivity index (χ1) is 15.6. The van der Waals surface area contributed by atoms with Crippen molar-refractivity contribution in [2.45, 2.75) is 31.7 Å². The number of phenolic OH excluding ortho intramolecular Hbond substituents is 1. The van der Waals surface area contributed by atoms with Gasteiger partial charge in [-0.25, -0.2) is 18.0 Å². The van der Waals surface area contributed by atoms with Crippen LogP contribution in [0.25, 0.3) is 0 Å². The van der Waals surface area contributed by atoms with E-state index in [1.165, 1.54) is 31.4 Å². The third-order valence-corrected chi connectivity index (χ3v) is 7.00. The molecule has 2 aromatic carbocycles. The van der Waals surface area contributed by atoms with Gasteiger partial charge < -0.3 is 25.2 Å². The lowest BCUT2D eigenvalue weighted by atomic mass is 9.95. The molecule has 0 aromatic heterocycles. The Hall–Kier alpha value is -3.53. The summed E-state index contributed by atoms with van der Waals surface area (Å²) in [5.41, 5.74) is 2.03. The van der Waals surface area contributed by atoms with Gasteiger partial charge in [-0.2, -0.15) is 0 Å². The number of amides is 2. The van der Waals surface area contributed by atoms with E-state index in [2.05, 4.69) is 10.6 Å². The van der Waals surface area contributed by atoms with Crippen LogP contribution in [0.3, 0.4) is 0 Å². The number of nitrogens with one attached hydrogen (secondary N) is 2. The fourth-order valence-electron chi connectivity index (χ4n) is 3.49. The van der Waals surface area contributed by atoms with E-state index < -0.39 is 33.6 Å². The van der Waals surface area contributed by atoms with E-state index in [-0.39, 0.29) is 34.3 Å². The number of sulfone groups is 1. The Morgan fingerprint density at radius 3 is 2.48 bits per heavy atom. The van der Waals surface area contributed by atoms with Crippen LogP contribution < -0.4 is 15.4 Å². The molecule has 0 spiro atoms. The van der Waals surface area contributed by atoms with Gasteiger partial charge in [0.1, 0.15) is 0 Å². The molecule has 0 unspecified atom stereocenters. The number of benzene rings is 2. The second-order valence-electron chi connectivity index (χ2n) is 7.58. The molecular formula is C23H26N2O7S. The Morgan fingerprint density at radius 2 is 1.85 bits per heavy atom. The number of aromatic hydroxyl groups is 1. The summed E-state index contributed by atoms with van der Waals surface area (Å²) in [6.45, 7) is 5.35. The third kappa shape index (κ3) is 5.11. The van der Waals surface area contributed by atoms with Gasteiger partial charge >= 0.3 is 12.0 Å². The van der Waals surface area contributed by atoms with Crippen molar-refractivity contribution in [3.05, 3.63) is 64.4 Å². The molecule has 10 heteroatoms. The molecular weight excluding hydrogens is 448 g/mol. The van der Waals surface area contributed by atoms with Crippen LogP contribution in [0.2, 0.25) is 0 Å². The number of hydrogen-bond donors (Lipinski definition) is 3. The summed E-state index contributed by atoms with van der Waals surface area (Å²) in [7, 11) is -2.54. The molecule has 2 amide bonds. The molecule has 9 nitrogen and oxygen atoms in total. The largest absolute Gasteiger partial charge is 0.504 e. The molecule has 1 atom stereocenters. The zero-order valence-corrected chi connectivity index (χ0v) is 19.6. The minimum atomic E-state index is -3.90. The monoisotopic (exact) mass is 474 g/mol. The molecule has 0 radical (unpaired) electrons. The van der Waals surface area contributed by atoms with Crippen LogP contribution in [0.4, 0.5) is 4.79 Å². The number of urea groups is 1. The zero-order chi connectivity index (χ0) is 24.3. The molecule has 0 bridgehead atoms. The predicted molar refractivity (Wildman–Crippen MR) is 121 cm³/mol. The Kier molecular flexibility index (Phi) is 6.97. The van der Waals surface area contributed by atoms with Crippen molar-refractivity contribution in [1.82, 2.24) is 10.6 Å². The van der Waals surface area contributed by atoms with Gasteiger partial charge in [-0.05, 0) is 61.7 Å². The van der Waals surface area contributed by atoms with E-state index in [1.807, 2.05) is 6.92 Å². The Bertz CT molecular complexity index is 1240. The van der Waals surface area contributed by atoms with Gasteiger partial charge in [0.2, 0.25) is 0 Å². The minimum absolute atomic E-state index is 0.0448. The molecule has 0 saturated carbocycles. The van der Waals surface area contributed by atoms with Crippen molar-refractivity contribution in [3.63, 3.8) is 0 Å². The van der Waals surface area contributed by atoms with Crippen molar-refractivity contribution in [2.75, 3.05) is 19.5 Å². The van der Waals surface area contributed by atoms with Crippen molar-refractivity contribution < 1.29 is 32.6 Å². The van der Waals surface area contributed by atoms with E-state index in [0.717, 1.165) is 11.1 Å². The third-order valence-electron chi connectivity index (χ3n) is 5.36. The van der Waals surface area contributed by atoms with Gasteiger partial charge in [0.15, 0.2) is 21.3 Å². The topological polar surface area (TPSA) is 131 Å². The zero-order valence-electron chi connectivity index (χ0n) is 18.8. The minimum Gasteiger partial charge on any atom is -0.504 e. The van der Waals surface area contributed by atoms with E-state index in [9.17, 15) is 23.1 Å². The van der Waals surface area contributed by atoms with Crippen LogP contribution in [0, 0.1) is 13.8 Å². The number of phenols is 1. The van der Waals surface area contributed by atoms with E-state index in [1.54, 1.807) is 26.0 Å². The average molecular weight is 475 g/mol. The number of carbonyl (C=O) groups excluding carboxylic acids is 2. The second kappa shape index (κ2) is 9.53. The first-order valence-corrected chi connectivity index (χ1v) is 11.9. The van der Waals surface area contributed by atoms with E-state index >= 15 is 0 Å². The van der Waals surface area contributed by atoms with Crippen LogP contribution in [0.15, 0.2) is 52.6 Å². The molecule has 1 aliphatic rings. The highest BCUT2D eigenvalue weighted by molar-refractivity contribution is 7.91. The molecule has 176 valence electrons. The van der Waals surface area contributed by atoms with Crippen LogP contribution in [0.1, 0.15) is 29.7 Å². The number of hydrogen-bond acceptors (Lipinski definition) is 7. The van der Waals surface area contributed by atoms with Crippen LogP contribution in [0.5, 0.6) is 11.5 Å². The van der Waals surface area contributed by atoms with Gasteiger partial charge in [-0.15, -0.1) is 0 Å². The maximum absolute atomic E-state index is 13.2. The van der Waals surface area contributed by atoms with Gasteiger partial charge in [-0.3, -0.25) is 0 Å². The smallest absolute Gasteiger partial charge is 0.338 e. The predicted octanol–water partition coefficient (Wildman–Crippen LogP) is 2.66. The second-order valence-corrected chi connectivity index (χ2v) is 9.57. The standard InChI is InChI=1S/C23H26N2O7S/c1-5-32-22(27)20-17(12-33(29,30)16-8-6-13(2)14(3)10-16)24-23(28)25-21(20)15-7-9-18(26)19(11-15)31-4/h6-11,21,26H,5,12H2,1-4H3,(H2,24,25,28)/t21-/m1/s1. The molecule has 0 saturated heterocycles. The molecule has 1 aliphatic heterocycles. The van der Waals surface area contributed by atoms with Crippen LogP contribution in [-0.4, -0.2) is 45.0 Å². The highest BCUT2D eigenvalue weighted by Gasteiger charge is 2.36. The summed E-state index contributed by atoms with van der Waals surface area (Å²) in [5.74, 6) is -1.37. The summed E-state index contributed by atoms with van der Waals surface area (Å²) in [4.78, 5) is 25.4. The van der Waals surface area contributed by atoms with Gasteiger partial charge in [0.05, 0.1) is 36.0 Å². The first kappa shape index (κ1) is 24.1. The number of carbonyl (C=O) groups is 2. The Labute approximate surface area is 192 Å². The number of aryl methyl sites for hydroxylation is 2. The molecule has 1 heterocycles. The maximum atomic E-state index is 13.2. The van der Waals surface area contributed by atoms with Crippen LogP contribution in [-0.2, 0) is 19.4 Å². The lowest BCUT2D eigenvalue weighted by Crippen LogP contribution is -2.47. The molecule has 0 fully saturated rings. The van der Waals surface area contributed by atoms with Crippen molar-refractivity contribution in [3.8, 4) is 11.5 Å². The maximum Gasteiger partial charge on any atom is 0.338 e. The van der Waals surface area contributed by atoms with Crippen molar-refractivity contribution in [2.24, 2.45) is 0 Å². The quantitative estimate of drug-likeness (QED) is 0.526. The lowest BCUT2D eigenvalue weighted by Gasteiger charge is -2.29.